The van der Waals surface area contributed by atoms with Gasteiger partial charge in [-0.05, 0) is 32.9 Å². The number of aliphatic hydroxyl groups is 1. The van der Waals surface area contributed by atoms with E-state index in [9.17, 15) is 14.4 Å². The third-order valence-corrected chi connectivity index (χ3v) is 4.94. The van der Waals surface area contributed by atoms with E-state index in [1.165, 1.54) is 24.1 Å². The summed E-state index contributed by atoms with van der Waals surface area (Å²) in [5.74, 6) is -1.37. The molecule has 30 heavy (non-hydrogen) atoms. The highest BCUT2D eigenvalue weighted by Gasteiger charge is 2.35. The predicted molar refractivity (Wildman–Crippen MR) is 115 cm³/mol. The van der Waals surface area contributed by atoms with Gasteiger partial charge in [-0.2, -0.15) is 0 Å². The third kappa shape index (κ3) is 5.72. The summed E-state index contributed by atoms with van der Waals surface area (Å²) in [5.41, 5.74) is 0.332. The molecule has 8 nitrogen and oxygen atoms in total. The van der Waals surface area contributed by atoms with E-state index in [0.29, 0.717) is 5.56 Å². The number of ether oxygens (including phenoxy) is 1. The number of methoxy groups -OCH3 is 1. The Balaban J connectivity index is 2.32. The molecule has 0 aliphatic carbocycles. The number of anilines is 1. The Hall–Kier alpha value is -2.13. The summed E-state index contributed by atoms with van der Waals surface area (Å²) in [6.07, 6.45) is 0. The Kier molecular flexibility index (Phi) is 7.87. The number of Topliss-reactive ketones (excluding diaryl/α,β-unsaturated/α-hetero) is 1. The molecule has 1 amide bonds. The van der Waals surface area contributed by atoms with Gasteiger partial charge < -0.3 is 25.4 Å². The van der Waals surface area contributed by atoms with E-state index in [0.717, 1.165) is 0 Å². The van der Waals surface area contributed by atoms with Crippen LogP contribution in [0.15, 0.2) is 23.4 Å². The lowest BCUT2D eigenvalue weighted by molar-refractivity contribution is -0.136. The highest BCUT2D eigenvalue weighted by molar-refractivity contribution is 6.40. The number of β-amino-alcohol motifs (C(OH)–C–C–N with tert-alkyl or cyclic N) is 1. The van der Waals surface area contributed by atoms with Crippen molar-refractivity contribution < 1.29 is 24.2 Å². The number of amides is 1. The lowest BCUT2D eigenvalue weighted by atomic mass is 10.1. The lowest BCUT2D eigenvalue weighted by Gasteiger charge is -2.20. The van der Waals surface area contributed by atoms with Crippen molar-refractivity contribution in [3.63, 3.8) is 0 Å². The molecule has 1 aliphatic heterocycles. The molecular formula is C20H25Cl2N3O5. The number of esters is 1. The van der Waals surface area contributed by atoms with Crippen molar-refractivity contribution in [2.45, 2.75) is 26.3 Å². The first kappa shape index (κ1) is 24.1. The second kappa shape index (κ2) is 9.78. The van der Waals surface area contributed by atoms with Crippen LogP contribution in [0.3, 0.4) is 0 Å². The summed E-state index contributed by atoms with van der Waals surface area (Å²) < 4.78 is 4.75. The maximum absolute atomic E-state index is 12.6. The van der Waals surface area contributed by atoms with Crippen molar-refractivity contribution in [2.24, 2.45) is 0 Å². The van der Waals surface area contributed by atoms with Gasteiger partial charge in [0, 0.05) is 17.6 Å². The zero-order valence-electron chi connectivity index (χ0n) is 17.3. The lowest BCUT2D eigenvalue weighted by Crippen LogP contribution is -2.39. The van der Waals surface area contributed by atoms with Crippen LogP contribution in [-0.2, 0) is 14.3 Å². The number of hydrogen-bond donors (Lipinski definition) is 3. The van der Waals surface area contributed by atoms with E-state index in [1.807, 2.05) is 20.8 Å². The monoisotopic (exact) mass is 457 g/mol. The zero-order valence-corrected chi connectivity index (χ0v) is 18.8. The molecule has 164 valence electrons. The number of carbonyl (C=O) groups excluding carboxylic acids is 3. The summed E-state index contributed by atoms with van der Waals surface area (Å²) in [6.45, 7) is 5.72. The fraction of sp³-hybridized carbons (Fsp3) is 0.450. The van der Waals surface area contributed by atoms with Gasteiger partial charge in [-0.25, -0.2) is 4.79 Å². The van der Waals surface area contributed by atoms with Crippen LogP contribution in [0.2, 0.25) is 10.0 Å². The summed E-state index contributed by atoms with van der Waals surface area (Å²) in [7, 11) is 1.21. The van der Waals surface area contributed by atoms with Gasteiger partial charge >= 0.3 is 5.97 Å². The number of nitrogens with one attached hydrogen (secondary N) is 2. The highest BCUT2D eigenvalue weighted by atomic mass is 35.5. The number of ketones is 1. The largest absolute Gasteiger partial charge is 0.466 e. The van der Waals surface area contributed by atoms with E-state index in [2.05, 4.69) is 10.6 Å². The molecule has 1 aromatic rings. The van der Waals surface area contributed by atoms with Crippen molar-refractivity contribution in [3.8, 4) is 0 Å². The van der Waals surface area contributed by atoms with Crippen molar-refractivity contribution in [1.82, 2.24) is 10.2 Å². The SMILES string of the molecule is COC(=O)C1=C(Nc2c(Cl)cc(C(=O)CNC(C)(C)C)cc2Cl)C(=O)N(CCO)C1. The Bertz CT molecular complexity index is 870. The smallest absolute Gasteiger partial charge is 0.337 e. The van der Waals surface area contributed by atoms with Crippen molar-refractivity contribution in [1.29, 1.82) is 0 Å². The molecule has 0 aromatic heterocycles. The van der Waals surface area contributed by atoms with Crippen molar-refractivity contribution in [3.05, 3.63) is 39.0 Å². The molecule has 1 heterocycles. The molecular weight excluding hydrogens is 433 g/mol. The number of nitrogens with zero attached hydrogens (tertiary/aromatic N) is 1. The molecule has 0 bridgehead atoms. The van der Waals surface area contributed by atoms with Gasteiger partial charge in [-0.1, -0.05) is 23.2 Å². The van der Waals surface area contributed by atoms with Gasteiger partial charge in [0.1, 0.15) is 5.70 Å². The van der Waals surface area contributed by atoms with Gasteiger partial charge in [0.05, 0.1) is 48.1 Å². The van der Waals surface area contributed by atoms with Crippen LogP contribution >= 0.6 is 23.2 Å². The highest BCUT2D eigenvalue weighted by Crippen LogP contribution is 2.35. The van der Waals surface area contributed by atoms with E-state index in [-0.39, 0.29) is 64.6 Å². The van der Waals surface area contributed by atoms with Crippen molar-refractivity contribution >= 4 is 46.5 Å². The number of benzene rings is 1. The molecule has 3 N–H and O–H groups in total. The van der Waals surface area contributed by atoms with Crippen molar-refractivity contribution in [2.75, 3.05) is 38.7 Å². The topological polar surface area (TPSA) is 108 Å². The number of hydrogen-bond acceptors (Lipinski definition) is 7. The minimum absolute atomic E-state index is 0.0152. The second-order valence-electron chi connectivity index (χ2n) is 7.76. The quantitative estimate of drug-likeness (QED) is 0.405. The zero-order chi connectivity index (χ0) is 22.6. The molecule has 10 heteroatoms. The average Bonchev–Trinajstić information content (AvgIpc) is 2.97. The van der Waals surface area contributed by atoms with Crippen LogP contribution in [0, 0.1) is 0 Å². The molecule has 0 spiro atoms. The summed E-state index contributed by atoms with van der Waals surface area (Å²) in [6, 6.07) is 2.90. The van der Waals surface area contributed by atoms with Crippen LogP contribution < -0.4 is 10.6 Å². The minimum Gasteiger partial charge on any atom is -0.466 e. The van der Waals surface area contributed by atoms with E-state index < -0.39 is 11.9 Å². The van der Waals surface area contributed by atoms with Crippen LogP contribution in [-0.4, -0.2) is 66.6 Å². The molecule has 0 atom stereocenters. The van der Waals surface area contributed by atoms with Gasteiger partial charge in [0.25, 0.3) is 5.91 Å². The molecule has 2 rings (SSSR count). The number of aliphatic hydroxyl groups excluding tert-OH is 1. The number of carbonyl (C=O) groups is 3. The Morgan fingerprint density at radius 1 is 1.23 bits per heavy atom. The molecule has 0 radical (unpaired) electrons. The van der Waals surface area contributed by atoms with E-state index >= 15 is 0 Å². The Labute approximate surface area is 185 Å². The normalized spacial score (nSPS) is 14.4. The maximum atomic E-state index is 12.6. The Morgan fingerprint density at radius 2 is 1.83 bits per heavy atom. The predicted octanol–water partition coefficient (Wildman–Crippen LogP) is 2.24. The first-order chi connectivity index (χ1) is 14.0. The molecule has 0 fully saturated rings. The standard InChI is InChI=1S/C20H25Cl2N3O5/c1-20(2,3)23-9-15(27)11-7-13(21)17(14(22)8-11)24-16-12(19(29)30-4)10-25(5-6-26)18(16)28/h7-8,23-24,26H,5-6,9-10H2,1-4H3. The molecule has 0 saturated heterocycles. The van der Waals surface area contributed by atoms with Gasteiger partial charge in [-0.3, -0.25) is 9.59 Å². The first-order valence-corrected chi connectivity index (χ1v) is 10.00. The van der Waals surface area contributed by atoms with Crippen LogP contribution in [0.4, 0.5) is 5.69 Å². The minimum atomic E-state index is -0.682. The fourth-order valence-electron chi connectivity index (χ4n) is 2.77. The average molecular weight is 458 g/mol. The maximum Gasteiger partial charge on any atom is 0.337 e. The molecule has 1 aliphatic rings. The molecule has 0 unspecified atom stereocenters. The van der Waals surface area contributed by atoms with E-state index in [4.69, 9.17) is 33.0 Å². The summed E-state index contributed by atoms with van der Waals surface area (Å²) in [4.78, 5) is 38.5. The number of halogens is 2. The molecule has 1 aromatic carbocycles. The summed E-state index contributed by atoms with van der Waals surface area (Å²) in [5, 5.41) is 15.3. The first-order valence-electron chi connectivity index (χ1n) is 9.24. The van der Waals surface area contributed by atoms with Crippen LogP contribution in [0.5, 0.6) is 0 Å². The van der Waals surface area contributed by atoms with Gasteiger partial charge in [-0.15, -0.1) is 0 Å². The van der Waals surface area contributed by atoms with Gasteiger partial charge in [0.2, 0.25) is 0 Å². The molecule has 0 saturated carbocycles. The van der Waals surface area contributed by atoms with E-state index in [1.54, 1.807) is 0 Å². The fourth-order valence-corrected chi connectivity index (χ4v) is 3.36. The summed E-state index contributed by atoms with van der Waals surface area (Å²) >= 11 is 12.7. The van der Waals surface area contributed by atoms with Crippen LogP contribution in [0.25, 0.3) is 0 Å². The van der Waals surface area contributed by atoms with Crippen LogP contribution in [0.1, 0.15) is 31.1 Å². The third-order valence-electron chi connectivity index (χ3n) is 4.35. The number of rotatable bonds is 8. The second-order valence-corrected chi connectivity index (χ2v) is 8.58. The Morgan fingerprint density at radius 3 is 2.33 bits per heavy atom. The van der Waals surface area contributed by atoms with Gasteiger partial charge in [0.15, 0.2) is 5.78 Å².